The van der Waals surface area contributed by atoms with Crippen LogP contribution in [0.4, 0.5) is 5.69 Å². The number of anilines is 1. The first kappa shape index (κ1) is 35.0. The monoisotopic (exact) mass is 687 g/mol. The molecule has 5 rings (SSSR count). The first-order valence-corrected chi connectivity index (χ1v) is 18.1. The zero-order chi connectivity index (χ0) is 34.1. The number of ether oxygens (including phenoxy) is 1. The van der Waals surface area contributed by atoms with Crippen LogP contribution in [0.25, 0.3) is 0 Å². The van der Waals surface area contributed by atoms with Gasteiger partial charge in [-0.3, -0.25) is 13.9 Å². The summed E-state index contributed by atoms with van der Waals surface area (Å²) < 4.78 is 35.4. The standard InChI is InChI=1S/C38H42ClN3O5S/c1-28-22-23-36(47-2)34(24-28)42(48(45,46)32-19-10-5-11-20-32)27-37(43)41(26-30-16-12-13-21-33(30)39)35(25-29-14-6-3-7-15-29)38(44)40-31-17-8-4-9-18-31/h3,5-7,10-16,19-24,31,35H,4,8-9,17-18,25-27H2,1-2H3,(H,40,44)/t35-/m0/s1. The normalized spacial score (nSPS) is 14.1. The molecule has 4 aromatic carbocycles. The Balaban J connectivity index is 1.60. The van der Waals surface area contributed by atoms with Crippen LogP contribution in [-0.2, 0) is 32.6 Å². The van der Waals surface area contributed by atoms with Gasteiger partial charge in [0.2, 0.25) is 11.8 Å². The number of hydrogen-bond acceptors (Lipinski definition) is 5. The molecule has 1 N–H and O–H groups in total. The van der Waals surface area contributed by atoms with Crippen LogP contribution in [0, 0.1) is 6.92 Å². The summed E-state index contributed by atoms with van der Waals surface area (Å²) in [6.45, 7) is 1.26. The molecule has 10 heteroatoms. The second kappa shape index (κ2) is 16.2. The van der Waals surface area contributed by atoms with Crippen LogP contribution in [0.15, 0.2) is 108 Å². The summed E-state index contributed by atoms with van der Waals surface area (Å²) >= 11 is 6.62. The maximum atomic E-state index is 14.8. The smallest absolute Gasteiger partial charge is 0.264 e. The molecule has 252 valence electrons. The minimum absolute atomic E-state index is 0.00172. The van der Waals surface area contributed by atoms with Crippen LogP contribution in [-0.4, -0.2) is 50.9 Å². The van der Waals surface area contributed by atoms with Gasteiger partial charge in [-0.25, -0.2) is 8.42 Å². The SMILES string of the molecule is COc1ccc(C)cc1N(CC(=O)N(Cc1ccccc1Cl)[C@@H](Cc1ccccc1)C(=O)NC1CCCCC1)S(=O)(=O)c1ccccc1. The third-order valence-corrected chi connectivity index (χ3v) is 10.9. The predicted octanol–water partition coefficient (Wildman–Crippen LogP) is 6.94. The second-order valence-corrected chi connectivity index (χ2v) is 14.4. The predicted molar refractivity (Wildman–Crippen MR) is 190 cm³/mol. The lowest BCUT2D eigenvalue weighted by Gasteiger charge is -2.35. The number of aryl methyl sites for hydroxylation is 1. The summed E-state index contributed by atoms with van der Waals surface area (Å²) in [4.78, 5) is 30.6. The molecular formula is C38H42ClN3O5S. The zero-order valence-corrected chi connectivity index (χ0v) is 28.9. The molecule has 0 radical (unpaired) electrons. The quantitative estimate of drug-likeness (QED) is 0.164. The summed E-state index contributed by atoms with van der Waals surface area (Å²) in [6.07, 6.45) is 5.17. The van der Waals surface area contributed by atoms with Crippen molar-refractivity contribution < 1.29 is 22.7 Å². The van der Waals surface area contributed by atoms with E-state index in [0.717, 1.165) is 47.5 Å². The third kappa shape index (κ3) is 8.57. The highest BCUT2D eigenvalue weighted by Crippen LogP contribution is 2.34. The molecule has 2 amide bonds. The largest absolute Gasteiger partial charge is 0.495 e. The number of carbonyl (C=O) groups excluding carboxylic acids is 2. The Bertz CT molecular complexity index is 1800. The lowest BCUT2D eigenvalue weighted by molar-refractivity contribution is -0.140. The first-order chi connectivity index (χ1) is 23.2. The number of sulfonamides is 1. The van der Waals surface area contributed by atoms with E-state index in [4.69, 9.17) is 16.3 Å². The molecular weight excluding hydrogens is 646 g/mol. The number of halogens is 1. The van der Waals surface area contributed by atoms with Crippen molar-refractivity contribution in [1.82, 2.24) is 10.2 Å². The van der Waals surface area contributed by atoms with Crippen molar-refractivity contribution in [3.8, 4) is 5.75 Å². The van der Waals surface area contributed by atoms with E-state index in [2.05, 4.69) is 5.32 Å². The molecule has 48 heavy (non-hydrogen) atoms. The molecule has 0 saturated heterocycles. The number of hydrogen-bond donors (Lipinski definition) is 1. The molecule has 0 heterocycles. The van der Waals surface area contributed by atoms with Gasteiger partial charge in [0.25, 0.3) is 10.0 Å². The second-order valence-electron chi connectivity index (χ2n) is 12.2. The van der Waals surface area contributed by atoms with Crippen molar-refractivity contribution in [2.75, 3.05) is 18.0 Å². The number of methoxy groups -OCH3 is 1. The number of carbonyl (C=O) groups is 2. The highest BCUT2D eigenvalue weighted by atomic mass is 35.5. The van der Waals surface area contributed by atoms with Gasteiger partial charge in [0.05, 0.1) is 17.7 Å². The van der Waals surface area contributed by atoms with Gasteiger partial charge in [-0.1, -0.05) is 104 Å². The summed E-state index contributed by atoms with van der Waals surface area (Å²) in [5, 5.41) is 3.66. The minimum Gasteiger partial charge on any atom is -0.495 e. The number of amides is 2. The highest BCUT2D eigenvalue weighted by Gasteiger charge is 2.36. The van der Waals surface area contributed by atoms with E-state index < -0.39 is 28.5 Å². The maximum Gasteiger partial charge on any atom is 0.264 e. The number of benzene rings is 4. The number of rotatable bonds is 13. The first-order valence-electron chi connectivity index (χ1n) is 16.3. The van der Waals surface area contributed by atoms with Crippen molar-refractivity contribution >= 4 is 39.1 Å². The van der Waals surface area contributed by atoms with Crippen molar-refractivity contribution in [3.63, 3.8) is 0 Å². The number of nitrogens with zero attached hydrogens (tertiary/aromatic N) is 2. The van der Waals surface area contributed by atoms with Gasteiger partial charge < -0.3 is 15.0 Å². The van der Waals surface area contributed by atoms with Crippen molar-refractivity contribution in [2.45, 2.75) is 69.0 Å². The Morgan fingerprint density at radius 1 is 0.896 bits per heavy atom. The van der Waals surface area contributed by atoms with Gasteiger partial charge >= 0.3 is 0 Å². The molecule has 1 aliphatic carbocycles. The molecule has 1 fully saturated rings. The van der Waals surface area contributed by atoms with Gasteiger partial charge in [0, 0.05) is 24.0 Å². The Morgan fingerprint density at radius 3 is 2.21 bits per heavy atom. The van der Waals surface area contributed by atoms with E-state index in [1.54, 1.807) is 42.5 Å². The maximum absolute atomic E-state index is 14.8. The van der Waals surface area contributed by atoms with E-state index in [9.17, 15) is 18.0 Å². The van der Waals surface area contributed by atoms with Crippen molar-refractivity contribution in [3.05, 3.63) is 125 Å². The fourth-order valence-electron chi connectivity index (χ4n) is 6.14. The summed E-state index contributed by atoms with van der Waals surface area (Å²) in [5.74, 6) is -0.545. The molecule has 1 aliphatic rings. The molecule has 0 aliphatic heterocycles. The van der Waals surface area contributed by atoms with Gasteiger partial charge in [0.1, 0.15) is 18.3 Å². The number of nitrogens with one attached hydrogen (secondary N) is 1. The van der Waals surface area contributed by atoms with Gasteiger partial charge in [-0.05, 0) is 66.8 Å². The molecule has 8 nitrogen and oxygen atoms in total. The highest BCUT2D eigenvalue weighted by molar-refractivity contribution is 7.92. The summed E-state index contributed by atoms with van der Waals surface area (Å²) in [7, 11) is -2.80. The van der Waals surface area contributed by atoms with Crippen LogP contribution < -0.4 is 14.4 Å². The summed E-state index contributed by atoms with van der Waals surface area (Å²) in [5.41, 5.74) is 2.51. The molecule has 1 atom stereocenters. The Hall–Kier alpha value is -4.34. The zero-order valence-electron chi connectivity index (χ0n) is 27.3. The molecule has 0 unspecified atom stereocenters. The summed E-state index contributed by atoms with van der Waals surface area (Å²) in [6, 6.07) is 28.9. The Kier molecular flexibility index (Phi) is 11.8. The van der Waals surface area contributed by atoms with Crippen LogP contribution in [0.1, 0.15) is 48.8 Å². The van der Waals surface area contributed by atoms with Crippen LogP contribution in [0.3, 0.4) is 0 Å². The lowest BCUT2D eigenvalue weighted by Crippen LogP contribution is -2.55. The van der Waals surface area contributed by atoms with Gasteiger partial charge in [0.15, 0.2) is 0 Å². The Labute approximate surface area is 288 Å². The average molecular weight is 688 g/mol. The van der Waals surface area contributed by atoms with Crippen LogP contribution in [0.2, 0.25) is 5.02 Å². The Morgan fingerprint density at radius 2 is 1.54 bits per heavy atom. The molecule has 4 aromatic rings. The van der Waals surface area contributed by atoms with E-state index in [1.807, 2.05) is 55.5 Å². The van der Waals surface area contributed by atoms with E-state index in [-0.39, 0.29) is 35.5 Å². The topological polar surface area (TPSA) is 96.0 Å². The fourth-order valence-corrected chi connectivity index (χ4v) is 7.77. The molecule has 0 spiro atoms. The van der Waals surface area contributed by atoms with Crippen LogP contribution in [0.5, 0.6) is 5.75 Å². The van der Waals surface area contributed by atoms with E-state index in [0.29, 0.717) is 16.3 Å². The van der Waals surface area contributed by atoms with Crippen molar-refractivity contribution in [2.24, 2.45) is 0 Å². The van der Waals surface area contributed by atoms with E-state index >= 15 is 0 Å². The average Bonchev–Trinajstić information content (AvgIpc) is 3.10. The molecule has 1 saturated carbocycles. The van der Waals surface area contributed by atoms with Crippen LogP contribution >= 0.6 is 11.6 Å². The van der Waals surface area contributed by atoms with E-state index in [1.165, 1.54) is 24.1 Å². The fraction of sp³-hybridized carbons (Fsp3) is 0.316. The minimum atomic E-state index is -4.26. The third-order valence-electron chi connectivity index (χ3n) is 8.73. The van der Waals surface area contributed by atoms with Crippen molar-refractivity contribution in [1.29, 1.82) is 0 Å². The lowest BCUT2D eigenvalue weighted by atomic mass is 9.94. The molecule has 0 aromatic heterocycles. The molecule has 0 bridgehead atoms. The van der Waals surface area contributed by atoms with Gasteiger partial charge in [-0.2, -0.15) is 0 Å². The van der Waals surface area contributed by atoms with Gasteiger partial charge in [-0.15, -0.1) is 0 Å².